The van der Waals surface area contributed by atoms with Crippen molar-refractivity contribution in [2.24, 2.45) is 0 Å². The Balaban J connectivity index is 2.14. The highest BCUT2D eigenvalue weighted by atomic mass is 79.9. The molecule has 0 saturated carbocycles. The number of hydrogen-bond donors (Lipinski definition) is 1. The summed E-state index contributed by atoms with van der Waals surface area (Å²) < 4.78 is 0.836. The van der Waals surface area contributed by atoms with Gasteiger partial charge in [-0.25, -0.2) is 4.98 Å². The molecule has 0 bridgehead atoms. The average molecular weight is 277 g/mol. The monoisotopic (exact) mass is 276 g/mol. The Kier molecular flexibility index (Phi) is 3.57. The first-order valence-corrected chi connectivity index (χ1v) is 6.06. The van der Waals surface area contributed by atoms with Crippen LogP contribution in [0.1, 0.15) is 12.5 Å². The summed E-state index contributed by atoms with van der Waals surface area (Å²) in [6, 6.07) is 14.2. The molecule has 0 unspecified atom stereocenters. The van der Waals surface area contributed by atoms with E-state index in [-0.39, 0.29) is 0 Å². The van der Waals surface area contributed by atoms with Crippen molar-refractivity contribution in [1.82, 2.24) is 4.98 Å². The number of halogens is 1. The van der Waals surface area contributed by atoms with Crippen LogP contribution in [0, 0.1) is 0 Å². The summed E-state index contributed by atoms with van der Waals surface area (Å²) in [5.74, 6) is 0.846. The summed E-state index contributed by atoms with van der Waals surface area (Å²) in [5.41, 5.74) is 2.40. The molecule has 1 aromatic carbocycles. The van der Waals surface area contributed by atoms with Gasteiger partial charge in [0.25, 0.3) is 0 Å². The minimum Gasteiger partial charge on any atom is -0.340 e. The van der Waals surface area contributed by atoms with Crippen LogP contribution in [0.5, 0.6) is 0 Å². The van der Waals surface area contributed by atoms with Crippen LogP contribution in [0.4, 0.5) is 11.5 Å². The van der Waals surface area contributed by atoms with Gasteiger partial charge < -0.3 is 5.32 Å². The van der Waals surface area contributed by atoms with E-state index in [1.54, 1.807) is 0 Å². The van der Waals surface area contributed by atoms with Gasteiger partial charge in [-0.15, -0.1) is 0 Å². The number of aryl methyl sites for hydroxylation is 1. The lowest BCUT2D eigenvalue weighted by Gasteiger charge is -2.06. The summed E-state index contributed by atoms with van der Waals surface area (Å²) in [6.45, 7) is 2.15. The third-order valence-corrected chi connectivity index (χ3v) is 2.79. The van der Waals surface area contributed by atoms with Crippen molar-refractivity contribution in [3.63, 3.8) is 0 Å². The number of pyridine rings is 1. The maximum absolute atomic E-state index is 4.32. The number of nitrogens with zero attached hydrogens (tertiary/aromatic N) is 1. The molecule has 0 aliphatic heterocycles. The van der Waals surface area contributed by atoms with Gasteiger partial charge in [0.15, 0.2) is 0 Å². The van der Waals surface area contributed by atoms with Crippen LogP contribution in [0.15, 0.2) is 47.1 Å². The van der Waals surface area contributed by atoms with Crippen LogP contribution in [0.3, 0.4) is 0 Å². The predicted molar refractivity (Wildman–Crippen MR) is 71.0 cm³/mol. The molecule has 16 heavy (non-hydrogen) atoms. The maximum Gasteiger partial charge on any atom is 0.131 e. The number of nitrogens with one attached hydrogen (secondary N) is 1. The van der Waals surface area contributed by atoms with E-state index in [0.717, 1.165) is 22.5 Å². The molecule has 3 heteroatoms. The van der Waals surface area contributed by atoms with Crippen molar-refractivity contribution in [3.05, 3.63) is 52.6 Å². The highest BCUT2D eigenvalue weighted by molar-refractivity contribution is 9.10. The fraction of sp³-hybridized carbons (Fsp3) is 0.154. The van der Waals surface area contributed by atoms with Gasteiger partial charge in [-0.3, -0.25) is 0 Å². The predicted octanol–water partition coefficient (Wildman–Crippen LogP) is 4.15. The third-order valence-electron chi connectivity index (χ3n) is 2.35. The van der Waals surface area contributed by atoms with Crippen molar-refractivity contribution in [3.8, 4) is 0 Å². The SMILES string of the molecule is CCc1ccc(Nc2cccc(Br)n2)cc1. The van der Waals surface area contributed by atoms with Crippen molar-refractivity contribution in [1.29, 1.82) is 0 Å². The zero-order valence-corrected chi connectivity index (χ0v) is 10.7. The number of rotatable bonds is 3. The normalized spacial score (nSPS) is 10.1. The second-order valence-electron chi connectivity index (χ2n) is 3.52. The fourth-order valence-corrected chi connectivity index (χ4v) is 1.79. The van der Waals surface area contributed by atoms with Gasteiger partial charge in [-0.1, -0.05) is 25.1 Å². The fourth-order valence-electron chi connectivity index (χ4n) is 1.45. The third kappa shape index (κ3) is 2.83. The molecule has 0 aliphatic carbocycles. The van der Waals surface area contributed by atoms with Gasteiger partial charge in [-0.2, -0.15) is 0 Å². The zero-order chi connectivity index (χ0) is 11.4. The minimum absolute atomic E-state index is 0.836. The van der Waals surface area contributed by atoms with Gasteiger partial charge in [0, 0.05) is 5.69 Å². The number of aromatic nitrogens is 1. The summed E-state index contributed by atoms with van der Waals surface area (Å²) >= 11 is 3.35. The highest BCUT2D eigenvalue weighted by Gasteiger charge is 1.96. The van der Waals surface area contributed by atoms with E-state index < -0.39 is 0 Å². The average Bonchev–Trinajstić information content (AvgIpc) is 2.30. The highest BCUT2D eigenvalue weighted by Crippen LogP contribution is 2.17. The van der Waals surface area contributed by atoms with E-state index in [4.69, 9.17) is 0 Å². The van der Waals surface area contributed by atoms with Crippen LogP contribution >= 0.6 is 15.9 Å². The first kappa shape index (κ1) is 11.1. The first-order chi connectivity index (χ1) is 7.78. The minimum atomic E-state index is 0.836. The van der Waals surface area contributed by atoms with Gasteiger partial charge in [-0.05, 0) is 52.2 Å². The van der Waals surface area contributed by atoms with Crippen molar-refractivity contribution < 1.29 is 0 Å². The molecule has 0 fully saturated rings. The van der Waals surface area contributed by atoms with Gasteiger partial charge in [0.2, 0.25) is 0 Å². The van der Waals surface area contributed by atoms with Crippen LogP contribution in [-0.4, -0.2) is 4.98 Å². The Morgan fingerprint density at radius 3 is 2.50 bits per heavy atom. The molecule has 82 valence electrons. The second-order valence-corrected chi connectivity index (χ2v) is 4.33. The number of hydrogen-bond acceptors (Lipinski definition) is 2. The molecule has 1 N–H and O–H groups in total. The van der Waals surface area contributed by atoms with Gasteiger partial charge in [0.1, 0.15) is 10.4 Å². The first-order valence-electron chi connectivity index (χ1n) is 5.26. The second kappa shape index (κ2) is 5.12. The lowest BCUT2D eigenvalue weighted by Crippen LogP contribution is -1.93. The quantitative estimate of drug-likeness (QED) is 0.852. The standard InChI is InChI=1S/C13H13BrN2/c1-2-10-6-8-11(9-7-10)15-13-5-3-4-12(14)16-13/h3-9H,2H2,1H3,(H,15,16). The van der Waals surface area contributed by atoms with E-state index in [0.29, 0.717) is 0 Å². The Bertz CT molecular complexity index is 466. The molecule has 2 aromatic rings. The molecule has 0 saturated heterocycles. The van der Waals surface area contributed by atoms with E-state index in [9.17, 15) is 0 Å². The Labute approximate surface area is 104 Å². The van der Waals surface area contributed by atoms with Crippen molar-refractivity contribution in [2.75, 3.05) is 5.32 Å². The zero-order valence-electron chi connectivity index (χ0n) is 9.07. The molecule has 0 atom stereocenters. The van der Waals surface area contributed by atoms with E-state index in [2.05, 4.69) is 57.4 Å². The summed E-state index contributed by atoms with van der Waals surface area (Å²) in [5, 5.41) is 3.25. The van der Waals surface area contributed by atoms with E-state index in [1.165, 1.54) is 5.56 Å². The Morgan fingerprint density at radius 1 is 1.12 bits per heavy atom. The molecule has 1 aromatic heterocycles. The summed E-state index contributed by atoms with van der Waals surface area (Å²) in [6.07, 6.45) is 1.06. The van der Waals surface area contributed by atoms with E-state index in [1.807, 2.05) is 18.2 Å². The van der Waals surface area contributed by atoms with Crippen LogP contribution in [-0.2, 0) is 6.42 Å². The van der Waals surface area contributed by atoms with E-state index >= 15 is 0 Å². The Morgan fingerprint density at radius 2 is 1.88 bits per heavy atom. The topological polar surface area (TPSA) is 24.9 Å². The summed E-state index contributed by atoms with van der Waals surface area (Å²) in [4.78, 5) is 4.32. The largest absolute Gasteiger partial charge is 0.340 e. The molecule has 1 heterocycles. The molecular formula is C13H13BrN2. The smallest absolute Gasteiger partial charge is 0.131 e. The molecule has 0 spiro atoms. The van der Waals surface area contributed by atoms with Crippen molar-refractivity contribution >= 4 is 27.4 Å². The van der Waals surface area contributed by atoms with Gasteiger partial charge in [0.05, 0.1) is 0 Å². The lowest BCUT2D eigenvalue weighted by molar-refractivity contribution is 1.14. The van der Waals surface area contributed by atoms with Crippen LogP contribution in [0.2, 0.25) is 0 Å². The lowest BCUT2D eigenvalue weighted by atomic mass is 10.1. The van der Waals surface area contributed by atoms with Crippen molar-refractivity contribution in [2.45, 2.75) is 13.3 Å². The number of benzene rings is 1. The molecule has 2 nitrogen and oxygen atoms in total. The molecule has 0 radical (unpaired) electrons. The Hall–Kier alpha value is -1.35. The molecule has 0 amide bonds. The summed E-state index contributed by atoms with van der Waals surface area (Å²) in [7, 11) is 0. The molecular weight excluding hydrogens is 264 g/mol. The van der Waals surface area contributed by atoms with Crippen LogP contribution in [0.25, 0.3) is 0 Å². The van der Waals surface area contributed by atoms with Gasteiger partial charge >= 0.3 is 0 Å². The van der Waals surface area contributed by atoms with Crippen LogP contribution < -0.4 is 5.32 Å². The molecule has 0 aliphatic rings. The molecule has 2 rings (SSSR count). The number of anilines is 2. The maximum atomic E-state index is 4.32.